The highest BCUT2D eigenvalue weighted by atomic mass is 32.2. The first-order valence-corrected chi connectivity index (χ1v) is 10.3. The summed E-state index contributed by atoms with van der Waals surface area (Å²) in [6.07, 6.45) is 3.24. The van der Waals surface area contributed by atoms with E-state index < -0.39 is 0 Å². The van der Waals surface area contributed by atoms with Crippen LogP contribution in [0, 0.1) is 0 Å². The maximum Gasteiger partial charge on any atom is 0.281 e. The Labute approximate surface area is 157 Å². The minimum Gasteiger partial charge on any atom is -0.490 e. The fraction of sp³-hybridized carbons (Fsp3) is 0.579. The van der Waals surface area contributed by atoms with Crippen molar-refractivity contribution in [1.82, 2.24) is 9.80 Å². The van der Waals surface area contributed by atoms with E-state index in [-0.39, 0.29) is 17.2 Å². The van der Waals surface area contributed by atoms with E-state index in [9.17, 15) is 9.59 Å². The maximum absolute atomic E-state index is 12.8. The average Bonchev–Trinajstić information content (AvgIpc) is 3.23. The molecule has 2 amide bonds. The molecule has 0 N–H and O–H groups in total. The van der Waals surface area contributed by atoms with Crippen LogP contribution < -0.4 is 9.47 Å². The fourth-order valence-electron chi connectivity index (χ4n) is 3.80. The number of fused-ring (bicyclic) bond motifs is 1. The summed E-state index contributed by atoms with van der Waals surface area (Å²) < 4.78 is 11.5. The van der Waals surface area contributed by atoms with Gasteiger partial charge < -0.3 is 19.3 Å². The molecule has 140 valence electrons. The number of carbonyl (C=O) groups excluding carboxylic acids is 2. The van der Waals surface area contributed by atoms with Crippen molar-refractivity contribution in [2.45, 2.75) is 31.7 Å². The number of nitrogens with zero attached hydrogens (tertiary/aromatic N) is 2. The SMILES string of the molecule is O=C1SCCN1CCC(=O)N1CCC[C@@H]1c1ccc2c(c1)OCCCO2. The molecule has 4 rings (SSSR count). The fourth-order valence-corrected chi connectivity index (χ4v) is 4.65. The molecule has 1 aromatic carbocycles. The molecular weight excluding hydrogens is 352 g/mol. The molecule has 2 saturated heterocycles. The van der Waals surface area contributed by atoms with Crippen molar-refractivity contribution in [3.63, 3.8) is 0 Å². The van der Waals surface area contributed by atoms with Crippen molar-refractivity contribution in [2.24, 2.45) is 0 Å². The largest absolute Gasteiger partial charge is 0.490 e. The van der Waals surface area contributed by atoms with Gasteiger partial charge in [-0.15, -0.1) is 0 Å². The molecule has 0 bridgehead atoms. The van der Waals surface area contributed by atoms with Crippen LogP contribution in [0.25, 0.3) is 0 Å². The van der Waals surface area contributed by atoms with Gasteiger partial charge in [0.25, 0.3) is 5.24 Å². The molecule has 1 atom stereocenters. The van der Waals surface area contributed by atoms with Gasteiger partial charge in [-0.1, -0.05) is 17.8 Å². The zero-order valence-electron chi connectivity index (χ0n) is 14.8. The number of carbonyl (C=O) groups is 2. The van der Waals surface area contributed by atoms with E-state index in [1.807, 2.05) is 23.1 Å². The average molecular weight is 376 g/mol. The van der Waals surface area contributed by atoms with Gasteiger partial charge in [0, 0.05) is 38.2 Å². The molecule has 3 aliphatic rings. The molecule has 0 unspecified atom stereocenters. The molecule has 26 heavy (non-hydrogen) atoms. The Morgan fingerprint density at radius 3 is 2.81 bits per heavy atom. The van der Waals surface area contributed by atoms with E-state index in [0.717, 1.165) is 55.2 Å². The summed E-state index contributed by atoms with van der Waals surface area (Å²) in [5, 5.41) is 0.0960. The highest BCUT2D eigenvalue weighted by molar-refractivity contribution is 8.13. The van der Waals surface area contributed by atoms with Crippen molar-refractivity contribution in [3.05, 3.63) is 23.8 Å². The Bertz CT molecular complexity index is 696. The predicted octanol–water partition coefficient (Wildman–Crippen LogP) is 3.07. The lowest BCUT2D eigenvalue weighted by molar-refractivity contribution is -0.132. The molecule has 3 heterocycles. The van der Waals surface area contributed by atoms with Crippen molar-refractivity contribution in [2.75, 3.05) is 38.6 Å². The van der Waals surface area contributed by atoms with Crippen LogP contribution in [0.15, 0.2) is 18.2 Å². The Morgan fingerprint density at radius 2 is 2.00 bits per heavy atom. The molecule has 0 spiro atoms. The van der Waals surface area contributed by atoms with E-state index >= 15 is 0 Å². The summed E-state index contributed by atoms with van der Waals surface area (Å²) in [6, 6.07) is 6.11. The summed E-state index contributed by atoms with van der Waals surface area (Å²) in [6.45, 7) is 3.39. The first-order valence-electron chi connectivity index (χ1n) is 9.33. The molecular formula is C19H24N2O4S. The zero-order valence-corrected chi connectivity index (χ0v) is 15.6. The van der Waals surface area contributed by atoms with Crippen LogP contribution in [0.5, 0.6) is 11.5 Å². The summed E-state index contributed by atoms with van der Waals surface area (Å²) in [5.41, 5.74) is 1.10. The highest BCUT2D eigenvalue weighted by Gasteiger charge is 2.31. The number of amides is 2. The van der Waals surface area contributed by atoms with Crippen molar-refractivity contribution >= 4 is 22.9 Å². The first kappa shape index (κ1) is 17.5. The standard InChI is InChI=1S/C19H24N2O4S/c22-18(6-8-20-9-12-26-19(20)23)21-7-1-3-15(21)14-4-5-16-17(13-14)25-11-2-10-24-16/h4-5,13,15H,1-3,6-12H2/t15-/m1/s1. The number of thioether (sulfide) groups is 1. The van der Waals surface area contributed by atoms with Crippen LogP contribution in [0.2, 0.25) is 0 Å². The van der Waals surface area contributed by atoms with Gasteiger partial charge in [0.05, 0.1) is 19.3 Å². The Balaban J connectivity index is 1.43. The minimum atomic E-state index is 0.0864. The third kappa shape index (κ3) is 3.63. The Hall–Kier alpha value is -1.89. The molecule has 1 aromatic rings. The molecule has 7 heteroatoms. The van der Waals surface area contributed by atoms with E-state index in [0.29, 0.717) is 26.2 Å². The van der Waals surface area contributed by atoms with Gasteiger partial charge in [0.2, 0.25) is 5.91 Å². The molecule has 0 aromatic heterocycles. The highest BCUT2D eigenvalue weighted by Crippen LogP contribution is 2.38. The number of rotatable bonds is 4. The Morgan fingerprint density at radius 1 is 1.15 bits per heavy atom. The van der Waals surface area contributed by atoms with Gasteiger partial charge in [0.1, 0.15) is 0 Å². The molecule has 3 aliphatic heterocycles. The van der Waals surface area contributed by atoms with Crippen LogP contribution in [-0.2, 0) is 4.79 Å². The molecule has 0 saturated carbocycles. The predicted molar refractivity (Wildman–Crippen MR) is 99.8 cm³/mol. The minimum absolute atomic E-state index is 0.0864. The van der Waals surface area contributed by atoms with Crippen LogP contribution in [0.1, 0.15) is 37.3 Å². The second-order valence-corrected chi connectivity index (χ2v) is 7.90. The summed E-state index contributed by atoms with van der Waals surface area (Å²) in [5.74, 6) is 2.52. The molecule has 6 nitrogen and oxygen atoms in total. The first-order chi connectivity index (χ1) is 12.7. The van der Waals surface area contributed by atoms with Gasteiger partial charge in [-0.25, -0.2) is 0 Å². The third-order valence-corrected chi connectivity index (χ3v) is 6.06. The molecule has 0 aliphatic carbocycles. The lowest BCUT2D eigenvalue weighted by atomic mass is 10.0. The lowest BCUT2D eigenvalue weighted by Gasteiger charge is -2.26. The van der Waals surface area contributed by atoms with E-state index in [4.69, 9.17) is 9.47 Å². The molecule has 2 fully saturated rings. The van der Waals surface area contributed by atoms with Gasteiger partial charge in [0.15, 0.2) is 11.5 Å². The molecule has 0 radical (unpaired) electrons. The van der Waals surface area contributed by atoms with E-state index in [1.54, 1.807) is 4.90 Å². The van der Waals surface area contributed by atoms with Crippen LogP contribution in [-0.4, -0.2) is 59.5 Å². The Kier molecular flexibility index (Phi) is 5.24. The third-order valence-electron chi connectivity index (χ3n) is 5.17. The number of hydrogen-bond donors (Lipinski definition) is 0. The van der Waals surface area contributed by atoms with Gasteiger partial charge in [-0.05, 0) is 30.5 Å². The van der Waals surface area contributed by atoms with Crippen molar-refractivity contribution in [1.29, 1.82) is 0 Å². The normalized spacial score (nSPS) is 22.6. The number of likely N-dealkylation sites (tertiary alicyclic amines) is 1. The van der Waals surface area contributed by atoms with Crippen LogP contribution in [0.4, 0.5) is 4.79 Å². The van der Waals surface area contributed by atoms with Gasteiger partial charge >= 0.3 is 0 Å². The zero-order chi connectivity index (χ0) is 17.9. The second-order valence-electron chi connectivity index (χ2n) is 6.85. The monoisotopic (exact) mass is 376 g/mol. The quantitative estimate of drug-likeness (QED) is 0.808. The second kappa shape index (κ2) is 7.78. The van der Waals surface area contributed by atoms with Crippen LogP contribution in [0.3, 0.4) is 0 Å². The maximum atomic E-state index is 12.8. The number of benzene rings is 1. The smallest absolute Gasteiger partial charge is 0.281 e. The van der Waals surface area contributed by atoms with E-state index in [2.05, 4.69) is 0 Å². The number of ether oxygens (including phenoxy) is 2. The number of hydrogen-bond acceptors (Lipinski definition) is 5. The lowest BCUT2D eigenvalue weighted by Crippen LogP contribution is -2.34. The van der Waals surface area contributed by atoms with Gasteiger partial charge in [-0.3, -0.25) is 9.59 Å². The van der Waals surface area contributed by atoms with Crippen molar-refractivity contribution in [3.8, 4) is 11.5 Å². The van der Waals surface area contributed by atoms with E-state index in [1.165, 1.54) is 11.8 Å². The van der Waals surface area contributed by atoms with Crippen LogP contribution >= 0.6 is 11.8 Å². The van der Waals surface area contributed by atoms with Crippen molar-refractivity contribution < 1.29 is 19.1 Å². The van der Waals surface area contributed by atoms with Gasteiger partial charge in [-0.2, -0.15) is 0 Å². The summed E-state index contributed by atoms with van der Waals surface area (Å²) in [7, 11) is 0. The topological polar surface area (TPSA) is 59.1 Å². The summed E-state index contributed by atoms with van der Waals surface area (Å²) in [4.78, 5) is 28.2. The summed E-state index contributed by atoms with van der Waals surface area (Å²) >= 11 is 1.34.